The van der Waals surface area contributed by atoms with Crippen molar-refractivity contribution in [2.75, 3.05) is 24.6 Å². The van der Waals surface area contributed by atoms with Gasteiger partial charge in [-0.15, -0.1) is 0 Å². The fraction of sp³-hybridized carbons (Fsp3) is 1.00. The van der Waals surface area contributed by atoms with Crippen LogP contribution in [0, 0.1) is 0 Å². The van der Waals surface area contributed by atoms with Gasteiger partial charge < -0.3 is 0 Å². The molecule has 1 heteroatoms. The van der Waals surface area contributed by atoms with Crippen LogP contribution in [0.1, 0.15) is 118 Å². The van der Waals surface area contributed by atoms with E-state index in [4.69, 9.17) is 0 Å². The molecule has 0 atom stereocenters. The molecule has 0 aromatic rings. The van der Waals surface area contributed by atoms with Crippen molar-refractivity contribution >= 4 is 7.26 Å². The van der Waals surface area contributed by atoms with Crippen LogP contribution in [0.25, 0.3) is 0 Å². The van der Waals surface area contributed by atoms with E-state index in [2.05, 4.69) is 27.7 Å². The van der Waals surface area contributed by atoms with E-state index in [0.29, 0.717) is 0 Å². The Bertz CT molecular complexity index is 197. The van der Waals surface area contributed by atoms with Gasteiger partial charge in [0.1, 0.15) is 0 Å². The maximum atomic E-state index is 2.36. The van der Waals surface area contributed by atoms with Crippen LogP contribution in [0.4, 0.5) is 0 Å². The summed E-state index contributed by atoms with van der Waals surface area (Å²) < 4.78 is 0. The average Bonchev–Trinajstić information content (AvgIpc) is 2.55. The molecule has 0 aliphatic rings. The third-order valence-electron chi connectivity index (χ3n) is 5.74. The van der Waals surface area contributed by atoms with Crippen LogP contribution in [0.15, 0.2) is 0 Å². The number of hydrogen-bond donors (Lipinski definition) is 0. The average molecular weight is 345 g/mol. The summed E-state index contributed by atoms with van der Waals surface area (Å²) in [6, 6.07) is 0. The molecule has 0 saturated heterocycles. The van der Waals surface area contributed by atoms with Crippen LogP contribution in [0.3, 0.4) is 0 Å². The molecule has 0 rings (SSSR count). The van der Waals surface area contributed by atoms with Gasteiger partial charge in [-0.1, -0.05) is 0 Å². The predicted molar refractivity (Wildman–Crippen MR) is 115 cm³/mol. The van der Waals surface area contributed by atoms with Gasteiger partial charge >= 0.3 is 149 Å². The zero-order valence-electron chi connectivity index (χ0n) is 17.2. The topological polar surface area (TPSA) is 0 Å². The first kappa shape index (κ1) is 23.4. The molecular weight excluding hydrogens is 295 g/mol. The van der Waals surface area contributed by atoms with Crippen LogP contribution in [0.2, 0.25) is 0 Å². The fourth-order valence-electron chi connectivity index (χ4n) is 4.10. The molecule has 0 aliphatic heterocycles. The molecule has 0 aromatic carbocycles. The van der Waals surface area contributed by atoms with E-state index in [1.807, 2.05) is 0 Å². The van der Waals surface area contributed by atoms with Gasteiger partial charge in [0.2, 0.25) is 0 Å². The molecular formula is C22H49P. The second-order valence-corrected chi connectivity index (χ2v) is 13.0. The van der Waals surface area contributed by atoms with Gasteiger partial charge in [0.15, 0.2) is 0 Å². The molecule has 0 radical (unpaired) electrons. The summed E-state index contributed by atoms with van der Waals surface area (Å²) in [4.78, 5) is 0. The normalized spacial score (nSPS) is 12.7. The second-order valence-electron chi connectivity index (χ2n) is 8.04. The zero-order chi connectivity index (χ0) is 17.2. The summed E-state index contributed by atoms with van der Waals surface area (Å²) in [5, 5.41) is 0. The van der Waals surface area contributed by atoms with Crippen LogP contribution in [0.5, 0.6) is 0 Å². The Balaban J connectivity index is 4.52. The fourth-order valence-corrected chi connectivity index (χ4v) is 9.60. The van der Waals surface area contributed by atoms with Crippen molar-refractivity contribution in [2.45, 2.75) is 118 Å². The summed E-state index contributed by atoms with van der Waals surface area (Å²) in [5.74, 6) is 0. The Morgan fingerprint density at radius 2 is 0.609 bits per heavy atom. The molecule has 23 heavy (non-hydrogen) atoms. The molecule has 0 amide bonds. The minimum absolute atomic E-state index is 0.967. The first-order valence-electron chi connectivity index (χ1n) is 11.2. The van der Waals surface area contributed by atoms with Gasteiger partial charge in [-0.2, -0.15) is 0 Å². The van der Waals surface area contributed by atoms with Crippen LogP contribution in [-0.2, 0) is 0 Å². The van der Waals surface area contributed by atoms with E-state index in [1.54, 1.807) is 31.1 Å². The first-order valence-corrected chi connectivity index (χ1v) is 14.1. The molecule has 0 unspecified atom stereocenters. The van der Waals surface area contributed by atoms with Crippen LogP contribution < -0.4 is 0 Å². The maximum absolute atomic E-state index is 2.36. The molecule has 142 valence electrons. The molecule has 0 fully saturated rings. The number of rotatable bonds is 18. The van der Waals surface area contributed by atoms with Crippen molar-refractivity contribution in [1.29, 1.82) is 0 Å². The summed E-state index contributed by atoms with van der Waals surface area (Å²) in [6.45, 7) is 9.42. The quantitative estimate of drug-likeness (QED) is 0.173. The van der Waals surface area contributed by atoms with E-state index in [0.717, 1.165) is 0 Å². The summed E-state index contributed by atoms with van der Waals surface area (Å²) >= 11 is 0. The van der Waals surface area contributed by atoms with Gasteiger partial charge in [-0.3, -0.25) is 0 Å². The van der Waals surface area contributed by atoms with Gasteiger partial charge in [-0.05, 0) is 0 Å². The van der Waals surface area contributed by atoms with E-state index in [9.17, 15) is 0 Å². The van der Waals surface area contributed by atoms with E-state index in [1.165, 1.54) is 83.5 Å². The molecule has 0 bridgehead atoms. The first-order chi connectivity index (χ1) is 11.2. The van der Waals surface area contributed by atoms with E-state index in [-0.39, 0.29) is 0 Å². The van der Waals surface area contributed by atoms with Gasteiger partial charge in [0.25, 0.3) is 0 Å². The number of unbranched alkanes of at least 4 members (excludes halogenated alkanes) is 10. The van der Waals surface area contributed by atoms with Crippen LogP contribution in [-0.4, -0.2) is 24.6 Å². The SMILES string of the molecule is CCCCCCC[PH](CCCCC)(CCCCC)CCCCC. The summed E-state index contributed by atoms with van der Waals surface area (Å²) in [7, 11) is -0.967. The molecule has 0 heterocycles. The predicted octanol–water partition coefficient (Wildman–Crippen LogP) is 8.28. The minimum atomic E-state index is -0.967. The summed E-state index contributed by atoms with van der Waals surface area (Å²) in [5.41, 5.74) is 0. The molecule has 0 nitrogen and oxygen atoms in total. The Hall–Kier alpha value is 0.430. The standard InChI is InChI=1S/C22H49P/c1-5-9-13-14-18-22-23(19-15-10-6-2,20-16-11-7-3)21-17-12-8-4/h23H,5-22H2,1-4H3. The summed E-state index contributed by atoms with van der Waals surface area (Å²) in [6.07, 6.45) is 27.2. The van der Waals surface area contributed by atoms with E-state index >= 15 is 0 Å². The van der Waals surface area contributed by atoms with Crippen molar-refractivity contribution < 1.29 is 0 Å². The van der Waals surface area contributed by atoms with Crippen molar-refractivity contribution in [3.8, 4) is 0 Å². The van der Waals surface area contributed by atoms with Crippen molar-refractivity contribution in [2.24, 2.45) is 0 Å². The van der Waals surface area contributed by atoms with Crippen molar-refractivity contribution in [3.63, 3.8) is 0 Å². The molecule has 0 spiro atoms. The van der Waals surface area contributed by atoms with Crippen molar-refractivity contribution in [3.05, 3.63) is 0 Å². The second kappa shape index (κ2) is 17.3. The van der Waals surface area contributed by atoms with Gasteiger partial charge in [0.05, 0.1) is 0 Å². The monoisotopic (exact) mass is 344 g/mol. The molecule has 0 aromatic heterocycles. The van der Waals surface area contributed by atoms with Crippen molar-refractivity contribution in [1.82, 2.24) is 0 Å². The molecule has 0 N–H and O–H groups in total. The third kappa shape index (κ3) is 13.4. The Morgan fingerprint density at radius 3 is 0.957 bits per heavy atom. The Morgan fingerprint density at radius 1 is 0.348 bits per heavy atom. The van der Waals surface area contributed by atoms with Crippen LogP contribution >= 0.6 is 7.26 Å². The molecule has 0 aliphatic carbocycles. The third-order valence-corrected chi connectivity index (χ3v) is 11.4. The van der Waals surface area contributed by atoms with Gasteiger partial charge in [0, 0.05) is 0 Å². The van der Waals surface area contributed by atoms with E-state index < -0.39 is 7.26 Å². The number of hydrogen-bond acceptors (Lipinski definition) is 0. The zero-order valence-corrected chi connectivity index (χ0v) is 18.2. The molecule has 0 saturated carbocycles. The van der Waals surface area contributed by atoms with Gasteiger partial charge in [-0.25, -0.2) is 0 Å². The Kier molecular flexibility index (Phi) is 17.6. The Labute approximate surface area is 149 Å².